The number of aromatic nitrogens is 1. The molecule has 1 aromatic rings. The van der Waals surface area contributed by atoms with Gasteiger partial charge in [-0.2, -0.15) is 0 Å². The van der Waals surface area contributed by atoms with Crippen LogP contribution in [0.3, 0.4) is 0 Å². The summed E-state index contributed by atoms with van der Waals surface area (Å²) in [6, 6.07) is 2.72. The Kier molecular flexibility index (Phi) is 4.55. The van der Waals surface area contributed by atoms with Crippen LogP contribution in [0.2, 0.25) is 0 Å². The van der Waals surface area contributed by atoms with E-state index in [1.54, 1.807) is 0 Å². The molecule has 0 radical (unpaired) electrons. The van der Waals surface area contributed by atoms with Crippen LogP contribution in [-0.4, -0.2) is 29.3 Å². The average molecular weight is 249 g/mol. The van der Waals surface area contributed by atoms with E-state index in [1.807, 2.05) is 6.20 Å². The Morgan fingerprint density at radius 3 is 2.78 bits per heavy atom. The Morgan fingerprint density at radius 1 is 1.50 bits per heavy atom. The summed E-state index contributed by atoms with van der Waals surface area (Å²) in [4.78, 5) is 6.93. The number of aliphatic hydroxyl groups excluding tert-OH is 1. The summed E-state index contributed by atoms with van der Waals surface area (Å²) in [6.45, 7) is 3.75. The molecule has 0 atom stereocenters. The molecule has 100 valence electrons. The van der Waals surface area contributed by atoms with E-state index in [2.05, 4.69) is 22.9 Å². The zero-order chi connectivity index (χ0) is 13.0. The molecule has 1 saturated carbocycles. The van der Waals surface area contributed by atoms with E-state index in [-0.39, 0.29) is 6.61 Å². The minimum Gasteiger partial charge on any atom is -0.396 e. The van der Waals surface area contributed by atoms with Crippen molar-refractivity contribution in [1.29, 1.82) is 0 Å². The molecule has 1 fully saturated rings. The number of rotatable bonds is 6. The lowest BCUT2D eigenvalue weighted by molar-refractivity contribution is 0.282. The fourth-order valence-electron chi connectivity index (χ4n) is 2.44. The monoisotopic (exact) mass is 249 g/mol. The third-order valence-corrected chi connectivity index (χ3v) is 3.69. The first-order chi connectivity index (χ1) is 8.76. The molecule has 1 aliphatic carbocycles. The van der Waals surface area contributed by atoms with Crippen molar-refractivity contribution in [2.75, 3.05) is 18.1 Å². The molecule has 0 saturated heterocycles. The standard InChI is InChI=1S/C14H23N3O/c1-11-8-12(9-15)10-16-14(11)17(6-3-7-18)13-4-2-5-13/h8,10,13,18H,2-7,9,15H2,1H3. The molecule has 18 heavy (non-hydrogen) atoms. The number of pyridine rings is 1. The first-order valence-electron chi connectivity index (χ1n) is 6.79. The molecular weight excluding hydrogens is 226 g/mol. The van der Waals surface area contributed by atoms with Gasteiger partial charge < -0.3 is 15.7 Å². The highest BCUT2D eigenvalue weighted by Gasteiger charge is 2.26. The predicted octanol–water partition coefficient (Wildman–Crippen LogP) is 1.59. The molecule has 1 heterocycles. The second-order valence-corrected chi connectivity index (χ2v) is 5.04. The second-order valence-electron chi connectivity index (χ2n) is 5.04. The second kappa shape index (κ2) is 6.16. The topological polar surface area (TPSA) is 62.4 Å². The molecule has 0 spiro atoms. The van der Waals surface area contributed by atoms with Crippen molar-refractivity contribution in [3.05, 3.63) is 23.4 Å². The van der Waals surface area contributed by atoms with Crippen molar-refractivity contribution in [2.24, 2.45) is 5.73 Å². The van der Waals surface area contributed by atoms with Gasteiger partial charge in [-0.3, -0.25) is 0 Å². The van der Waals surface area contributed by atoms with Crippen LogP contribution < -0.4 is 10.6 Å². The van der Waals surface area contributed by atoms with Gasteiger partial charge in [-0.25, -0.2) is 4.98 Å². The maximum atomic E-state index is 9.02. The van der Waals surface area contributed by atoms with Gasteiger partial charge in [0, 0.05) is 31.9 Å². The van der Waals surface area contributed by atoms with Crippen molar-refractivity contribution in [1.82, 2.24) is 4.98 Å². The van der Waals surface area contributed by atoms with Crippen LogP contribution in [0, 0.1) is 6.92 Å². The summed E-state index contributed by atoms with van der Waals surface area (Å²) in [5.41, 5.74) is 7.89. The van der Waals surface area contributed by atoms with Gasteiger partial charge in [0.05, 0.1) is 0 Å². The Hall–Kier alpha value is -1.13. The van der Waals surface area contributed by atoms with Crippen LogP contribution in [0.15, 0.2) is 12.3 Å². The lowest BCUT2D eigenvalue weighted by atomic mass is 9.91. The summed E-state index contributed by atoms with van der Waals surface area (Å²) >= 11 is 0. The van der Waals surface area contributed by atoms with E-state index < -0.39 is 0 Å². The SMILES string of the molecule is Cc1cc(CN)cnc1N(CCCO)C1CCC1. The quantitative estimate of drug-likeness (QED) is 0.803. The fourth-order valence-corrected chi connectivity index (χ4v) is 2.44. The number of anilines is 1. The number of nitrogens with two attached hydrogens (primary N) is 1. The van der Waals surface area contributed by atoms with Crippen LogP contribution in [0.25, 0.3) is 0 Å². The fraction of sp³-hybridized carbons (Fsp3) is 0.643. The Morgan fingerprint density at radius 2 is 2.28 bits per heavy atom. The van der Waals surface area contributed by atoms with Crippen LogP contribution >= 0.6 is 0 Å². The normalized spacial score (nSPS) is 15.5. The number of hydrogen-bond donors (Lipinski definition) is 2. The molecule has 1 aromatic heterocycles. The largest absolute Gasteiger partial charge is 0.396 e. The van der Waals surface area contributed by atoms with E-state index in [4.69, 9.17) is 10.8 Å². The van der Waals surface area contributed by atoms with Gasteiger partial charge in [0.25, 0.3) is 0 Å². The van der Waals surface area contributed by atoms with Gasteiger partial charge in [0.15, 0.2) is 0 Å². The van der Waals surface area contributed by atoms with Crippen LogP contribution in [0.1, 0.15) is 36.8 Å². The molecule has 0 bridgehead atoms. The van der Waals surface area contributed by atoms with Gasteiger partial charge in [-0.1, -0.05) is 0 Å². The molecule has 4 heteroatoms. The van der Waals surface area contributed by atoms with E-state index in [0.717, 1.165) is 24.3 Å². The maximum Gasteiger partial charge on any atom is 0.131 e. The van der Waals surface area contributed by atoms with Crippen LogP contribution in [-0.2, 0) is 6.54 Å². The predicted molar refractivity (Wildman–Crippen MR) is 73.6 cm³/mol. The lowest BCUT2D eigenvalue weighted by Gasteiger charge is -2.39. The highest BCUT2D eigenvalue weighted by molar-refractivity contribution is 5.48. The minimum absolute atomic E-state index is 0.239. The van der Waals surface area contributed by atoms with Crippen LogP contribution in [0.4, 0.5) is 5.82 Å². The molecule has 0 amide bonds. The number of aryl methyl sites for hydroxylation is 1. The Bertz CT molecular complexity index is 391. The number of aliphatic hydroxyl groups is 1. The summed E-state index contributed by atoms with van der Waals surface area (Å²) in [6.07, 6.45) is 6.46. The van der Waals surface area contributed by atoms with Gasteiger partial charge >= 0.3 is 0 Å². The van der Waals surface area contributed by atoms with Crippen molar-refractivity contribution in [3.63, 3.8) is 0 Å². The third kappa shape index (κ3) is 2.82. The zero-order valence-corrected chi connectivity index (χ0v) is 11.1. The number of nitrogens with zero attached hydrogens (tertiary/aromatic N) is 2. The lowest BCUT2D eigenvalue weighted by Crippen LogP contribution is -2.42. The molecule has 1 aliphatic rings. The number of hydrogen-bond acceptors (Lipinski definition) is 4. The first kappa shape index (κ1) is 13.3. The van der Waals surface area contributed by atoms with Gasteiger partial charge in [-0.15, -0.1) is 0 Å². The Labute approximate surface area is 109 Å². The highest BCUT2D eigenvalue weighted by atomic mass is 16.3. The summed E-state index contributed by atoms with van der Waals surface area (Å²) in [5.74, 6) is 1.06. The Balaban J connectivity index is 2.18. The molecular formula is C14H23N3O. The van der Waals surface area contributed by atoms with Crippen LogP contribution in [0.5, 0.6) is 0 Å². The zero-order valence-electron chi connectivity index (χ0n) is 11.1. The summed E-state index contributed by atoms with van der Waals surface area (Å²) in [5, 5.41) is 9.02. The van der Waals surface area contributed by atoms with E-state index in [9.17, 15) is 0 Å². The van der Waals surface area contributed by atoms with E-state index in [1.165, 1.54) is 24.8 Å². The van der Waals surface area contributed by atoms with Gasteiger partial charge in [-0.05, 0) is 49.8 Å². The minimum atomic E-state index is 0.239. The molecule has 4 nitrogen and oxygen atoms in total. The summed E-state index contributed by atoms with van der Waals surface area (Å²) < 4.78 is 0. The first-order valence-corrected chi connectivity index (χ1v) is 6.79. The molecule has 2 rings (SSSR count). The van der Waals surface area contributed by atoms with Crippen molar-refractivity contribution < 1.29 is 5.11 Å². The summed E-state index contributed by atoms with van der Waals surface area (Å²) in [7, 11) is 0. The molecule has 0 aliphatic heterocycles. The molecule has 3 N–H and O–H groups in total. The van der Waals surface area contributed by atoms with Crippen molar-refractivity contribution in [2.45, 2.75) is 45.2 Å². The highest BCUT2D eigenvalue weighted by Crippen LogP contribution is 2.30. The molecule has 0 unspecified atom stereocenters. The maximum absolute atomic E-state index is 9.02. The van der Waals surface area contributed by atoms with Crippen molar-refractivity contribution in [3.8, 4) is 0 Å². The van der Waals surface area contributed by atoms with E-state index >= 15 is 0 Å². The molecule has 0 aromatic carbocycles. The van der Waals surface area contributed by atoms with Gasteiger partial charge in [0.1, 0.15) is 5.82 Å². The van der Waals surface area contributed by atoms with Crippen molar-refractivity contribution >= 4 is 5.82 Å². The van der Waals surface area contributed by atoms with Gasteiger partial charge in [0.2, 0.25) is 0 Å². The average Bonchev–Trinajstić information content (AvgIpc) is 2.32. The third-order valence-electron chi connectivity index (χ3n) is 3.69. The van der Waals surface area contributed by atoms with E-state index in [0.29, 0.717) is 12.6 Å². The smallest absolute Gasteiger partial charge is 0.131 e.